The highest BCUT2D eigenvalue weighted by Crippen LogP contribution is 2.41. The molecule has 5 heteroatoms. The average Bonchev–Trinajstić information content (AvgIpc) is 3.28. The molecule has 1 heterocycles. The third-order valence-electron chi connectivity index (χ3n) is 4.68. The van der Waals surface area contributed by atoms with Crippen molar-refractivity contribution in [2.75, 3.05) is 6.61 Å². The highest BCUT2D eigenvalue weighted by molar-refractivity contribution is 6.05. The van der Waals surface area contributed by atoms with Crippen molar-refractivity contribution < 1.29 is 9.53 Å². The fourth-order valence-corrected chi connectivity index (χ4v) is 3.35. The first-order valence-electron chi connectivity index (χ1n) is 8.62. The Bertz CT molecular complexity index is 914. The van der Waals surface area contributed by atoms with Crippen molar-refractivity contribution in [1.82, 2.24) is 15.1 Å². The maximum Gasteiger partial charge on any atom is 0.270 e. The van der Waals surface area contributed by atoms with Crippen molar-refractivity contribution in [1.29, 1.82) is 0 Å². The molecule has 1 fully saturated rings. The fraction of sp³-hybridized carbons (Fsp3) is 0.300. The summed E-state index contributed by atoms with van der Waals surface area (Å²) in [6, 6.07) is 16.1. The second kappa shape index (κ2) is 6.24. The van der Waals surface area contributed by atoms with E-state index in [1.165, 1.54) is 5.56 Å². The van der Waals surface area contributed by atoms with Gasteiger partial charge in [0.2, 0.25) is 0 Å². The van der Waals surface area contributed by atoms with Crippen LogP contribution >= 0.6 is 0 Å². The molecule has 2 atom stereocenters. The lowest BCUT2D eigenvalue weighted by Crippen LogP contribution is -2.28. The zero-order valence-corrected chi connectivity index (χ0v) is 14.4. The largest absolute Gasteiger partial charge is 0.494 e. The number of nitrogens with zero attached hydrogens (tertiary/aromatic N) is 2. The number of hydrogen-bond donors (Lipinski definition) is 1. The van der Waals surface area contributed by atoms with E-state index in [0.29, 0.717) is 18.2 Å². The highest BCUT2D eigenvalue weighted by Gasteiger charge is 2.40. The molecule has 5 nitrogen and oxygen atoms in total. The van der Waals surface area contributed by atoms with Gasteiger partial charge in [0.15, 0.2) is 0 Å². The number of carbonyl (C=O) groups is 1. The Balaban J connectivity index is 1.46. The Morgan fingerprint density at radius 2 is 2.00 bits per heavy atom. The Morgan fingerprint density at radius 1 is 1.24 bits per heavy atom. The molecule has 0 bridgehead atoms. The van der Waals surface area contributed by atoms with E-state index in [2.05, 4.69) is 22.5 Å². The molecule has 4 rings (SSSR count). The molecular weight excluding hydrogens is 314 g/mol. The van der Waals surface area contributed by atoms with E-state index in [0.717, 1.165) is 23.1 Å². The number of fused-ring (bicyclic) bond motifs is 1. The van der Waals surface area contributed by atoms with Crippen LogP contribution in [0.15, 0.2) is 48.5 Å². The van der Waals surface area contributed by atoms with Crippen LogP contribution in [0.1, 0.15) is 35.3 Å². The van der Waals surface area contributed by atoms with Gasteiger partial charge in [-0.05, 0) is 37.1 Å². The van der Waals surface area contributed by atoms with Crippen molar-refractivity contribution in [2.45, 2.75) is 25.3 Å². The number of rotatable bonds is 5. The Labute approximate surface area is 146 Å². The smallest absolute Gasteiger partial charge is 0.270 e. The number of aromatic nitrogens is 2. The van der Waals surface area contributed by atoms with Crippen molar-refractivity contribution in [2.24, 2.45) is 7.05 Å². The minimum atomic E-state index is -0.0605. The predicted octanol–water partition coefficient (Wildman–Crippen LogP) is 3.26. The lowest BCUT2D eigenvalue weighted by molar-refractivity contribution is 0.0942. The summed E-state index contributed by atoms with van der Waals surface area (Å²) in [6.45, 7) is 2.64. The van der Waals surface area contributed by atoms with E-state index in [9.17, 15) is 4.79 Å². The van der Waals surface area contributed by atoms with E-state index in [1.54, 1.807) is 4.68 Å². The van der Waals surface area contributed by atoms with Gasteiger partial charge < -0.3 is 10.1 Å². The van der Waals surface area contributed by atoms with Crippen LogP contribution in [0.5, 0.6) is 5.75 Å². The molecule has 0 saturated heterocycles. The first-order valence-corrected chi connectivity index (χ1v) is 8.62. The minimum Gasteiger partial charge on any atom is -0.494 e. The van der Waals surface area contributed by atoms with Gasteiger partial charge in [0.25, 0.3) is 5.91 Å². The zero-order chi connectivity index (χ0) is 17.4. The number of ether oxygens (including phenoxy) is 1. The SMILES string of the molecule is CCOc1ccc([C@@H]2C[C@H]2NC(=O)c2c3ccccc3nn2C)cc1. The Morgan fingerprint density at radius 3 is 2.76 bits per heavy atom. The van der Waals surface area contributed by atoms with Crippen LogP contribution in [0.25, 0.3) is 10.9 Å². The molecule has 0 unspecified atom stereocenters. The average molecular weight is 335 g/mol. The molecule has 128 valence electrons. The van der Waals surface area contributed by atoms with Crippen molar-refractivity contribution in [3.63, 3.8) is 0 Å². The second-order valence-corrected chi connectivity index (χ2v) is 6.41. The van der Waals surface area contributed by atoms with Gasteiger partial charge in [0, 0.05) is 24.4 Å². The van der Waals surface area contributed by atoms with Gasteiger partial charge in [-0.2, -0.15) is 5.10 Å². The normalized spacial score (nSPS) is 19.0. The molecular formula is C20H21N3O2. The van der Waals surface area contributed by atoms with Crippen molar-refractivity contribution in [3.8, 4) is 5.75 Å². The van der Waals surface area contributed by atoms with Crippen LogP contribution in [-0.2, 0) is 7.05 Å². The molecule has 1 aliphatic carbocycles. The molecule has 1 N–H and O–H groups in total. The van der Waals surface area contributed by atoms with Gasteiger partial charge in [0.1, 0.15) is 11.4 Å². The minimum absolute atomic E-state index is 0.0605. The first-order chi connectivity index (χ1) is 12.2. The number of amides is 1. The van der Waals surface area contributed by atoms with Crippen LogP contribution in [0.4, 0.5) is 0 Å². The van der Waals surface area contributed by atoms with Crippen LogP contribution in [0.2, 0.25) is 0 Å². The fourth-order valence-electron chi connectivity index (χ4n) is 3.35. The third-order valence-corrected chi connectivity index (χ3v) is 4.68. The quantitative estimate of drug-likeness (QED) is 0.779. The van der Waals surface area contributed by atoms with Crippen molar-refractivity contribution in [3.05, 3.63) is 59.8 Å². The van der Waals surface area contributed by atoms with Crippen LogP contribution in [0.3, 0.4) is 0 Å². The lowest BCUT2D eigenvalue weighted by atomic mass is 10.1. The molecule has 25 heavy (non-hydrogen) atoms. The summed E-state index contributed by atoms with van der Waals surface area (Å²) in [5.41, 5.74) is 2.70. The first kappa shape index (κ1) is 15.7. The summed E-state index contributed by atoms with van der Waals surface area (Å²) in [5, 5.41) is 8.44. The van der Waals surface area contributed by atoms with E-state index >= 15 is 0 Å². The van der Waals surface area contributed by atoms with E-state index in [1.807, 2.05) is 50.4 Å². The van der Waals surface area contributed by atoms with Crippen LogP contribution < -0.4 is 10.1 Å². The Hall–Kier alpha value is -2.82. The van der Waals surface area contributed by atoms with Gasteiger partial charge in [-0.15, -0.1) is 0 Å². The van der Waals surface area contributed by atoms with Gasteiger partial charge >= 0.3 is 0 Å². The lowest BCUT2D eigenvalue weighted by Gasteiger charge is -2.07. The second-order valence-electron chi connectivity index (χ2n) is 6.41. The third kappa shape index (κ3) is 2.97. The van der Waals surface area contributed by atoms with E-state index in [4.69, 9.17) is 4.74 Å². The number of nitrogens with one attached hydrogen (secondary N) is 1. The van der Waals surface area contributed by atoms with Crippen LogP contribution in [-0.4, -0.2) is 28.3 Å². The summed E-state index contributed by atoms with van der Waals surface area (Å²) in [4.78, 5) is 12.7. The number of carbonyl (C=O) groups excluding carboxylic acids is 1. The molecule has 0 radical (unpaired) electrons. The van der Waals surface area contributed by atoms with E-state index in [-0.39, 0.29) is 11.9 Å². The summed E-state index contributed by atoms with van der Waals surface area (Å²) in [7, 11) is 1.81. The van der Waals surface area contributed by atoms with Gasteiger partial charge in [-0.3, -0.25) is 9.48 Å². The molecule has 2 aromatic carbocycles. The van der Waals surface area contributed by atoms with Gasteiger partial charge in [-0.25, -0.2) is 0 Å². The van der Waals surface area contributed by atoms with Gasteiger partial charge in [-0.1, -0.05) is 30.3 Å². The van der Waals surface area contributed by atoms with E-state index < -0.39 is 0 Å². The molecule has 1 amide bonds. The standard InChI is InChI=1S/C20H21N3O2/c1-3-25-14-10-8-13(9-11-14)16-12-18(16)21-20(24)19-15-6-4-5-7-17(15)22-23(19)2/h4-11,16,18H,3,12H2,1-2H3,(H,21,24)/t16-,18+/m0/s1. The number of benzene rings is 2. The molecule has 0 spiro atoms. The predicted molar refractivity (Wildman–Crippen MR) is 96.9 cm³/mol. The number of hydrogen-bond acceptors (Lipinski definition) is 3. The maximum atomic E-state index is 12.7. The van der Waals surface area contributed by atoms with Gasteiger partial charge in [0.05, 0.1) is 12.1 Å². The molecule has 1 saturated carbocycles. The summed E-state index contributed by atoms with van der Waals surface area (Å²) >= 11 is 0. The van der Waals surface area contributed by atoms with Crippen LogP contribution in [0, 0.1) is 0 Å². The maximum absolute atomic E-state index is 12.7. The Kier molecular flexibility index (Phi) is 3.92. The molecule has 0 aliphatic heterocycles. The molecule has 3 aromatic rings. The molecule has 1 aliphatic rings. The summed E-state index contributed by atoms with van der Waals surface area (Å²) < 4.78 is 7.14. The highest BCUT2D eigenvalue weighted by atomic mass is 16.5. The zero-order valence-electron chi connectivity index (χ0n) is 14.4. The topological polar surface area (TPSA) is 56.1 Å². The number of aryl methyl sites for hydroxylation is 1. The monoisotopic (exact) mass is 335 g/mol. The summed E-state index contributed by atoms with van der Waals surface area (Å²) in [6.07, 6.45) is 0.968. The van der Waals surface area contributed by atoms with Crippen molar-refractivity contribution >= 4 is 16.8 Å². The molecule has 1 aromatic heterocycles. The summed E-state index contributed by atoms with van der Waals surface area (Å²) in [5.74, 6) is 1.20.